The van der Waals surface area contributed by atoms with Crippen LogP contribution in [0.1, 0.15) is 4.44 Å². The Hall–Kier alpha value is 0.169. The van der Waals surface area contributed by atoms with Crippen molar-refractivity contribution in [1.82, 2.24) is 4.90 Å². The van der Waals surface area contributed by atoms with E-state index in [-0.39, 0.29) is 0 Å². The summed E-state index contributed by atoms with van der Waals surface area (Å²) in [5.41, 5.74) is 0. The van der Waals surface area contributed by atoms with Gasteiger partial charge in [0.1, 0.15) is 0 Å². The van der Waals surface area contributed by atoms with Crippen LogP contribution in [0.3, 0.4) is 0 Å². The van der Waals surface area contributed by atoms with Crippen LogP contribution in [0, 0.1) is 0 Å². The molecular formula is C11H12ClNOSSe. The molecule has 3 heterocycles. The predicted octanol–water partition coefficient (Wildman–Crippen LogP) is 2.44. The molecule has 0 spiro atoms. The van der Waals surface area contributed by atoms with E-state index in [1.54, 1.807) is 0 Å². The summed E-state index contributed by atoms with van der Waals surface area (Å²) in [5.74, 6) is 0. The molecule has 3 rings (SSSR count). The fourth-order valence-corrected chi connectivity index (χ4v) is 6.35. The summed E-state index contributed by atoms with van der Waals surface area (Å²) in [7, 11) is 0. The number of thiophene rings is 1. The first-order valence-corrected chi connectivity index (χ1v) is 8.26. The Bertz CT molecular complexity index is 489. The van der Waals surface area contributed by atoms with E-state index in [2.05, 4.69) is 16.3 Å². The number of morpholine rings is 1. The van der Waals surface area contributed by atoms with E-state index in [1.165, 1.54) is 13.4 Å². The molecule has 5 heteroatoms. The molecule has 86 valence electrons. The zero-order valence-electron chi connectivity index (χ0n) is 8.74. The van der Waals surface area contributed by atoms with Crippen LogP contribution in [0.2, 0.25) is 5.02 Å². The molecule has 0 aliphatic carbocycles. The average Bonchev–Trinajstić information content (AvgIpc) is 2.86. The summed E-state index contributed by atoms with van der Waals surface area (Å²) in [6.07, 6.45) is 0. The van der Waals surface area contributed by atoms with Crippen LogP contribution in [0.4, 0.5) is 0 Å². The van der Waals surface area contributed by atoms with Crippen molar-refractivity contribution in [3.8, 4) is 0 Å². The SMILES string of the molecule is Clc1c(CN2CCOCC2)[se]c2sccc12. The molecule has 0 N–H and O–H groups in total. The van der Waals surface area contributed by atoms with Gasteiger partial charge in [0.05, 0.1) is 0 Å². The van der Waals surface area contributed by atoms with E-state index < -0.39 is 0 Å². The number of halogens is 1. The zero-order valence-corrected chi connectivity index (χ0v) is 12.0. The molecule has 1 aliphatic heterocycles. The van der Waals surface area contributed by atoms with Gasteiger partial charge in [-0.15, -0.1) is 0 Å². The maximum atomic E-state index is 6.41. The number of nitrogens with zero attached hydrogens (tertiary/aromatic N) is 1. The Balaban J connectivity index is 1.82. The Morgan fingerprint density at radius 3 is 3.00 bits per heavy atom. The van der Waals surface area contributed by atoms with E-state index in [9.17, 15) is 0 Å². The van der Waals surface area contributed by atoms with Gasteiger partial charge in [-0.25, -0.2) is 0 Å². The number of fused-ring (bicyclic) bond motifs is 1. The second-order valence-corrected chi connectivity index (χ2v) is 8.05. The molecule has 0 bridgehead atoms. The summed E-state index contributed by atoms with van der Waals surface area (Å²) >= 11 is 8.71. The summed E-state index contributed by atoms with van der Waals surface area (Å²) in [6.45, 7) is 4.83. The van der Waals surface area contributed by atoms with Gasteiger partial charge in [0.15, 0.2) is 0 Å². The molecule has 2 nitrogen and oxygen atoms in total. The van der Waals surface area contributed by atoms with Crippen molar-refractivity contribution in [2.24, 2.45) is 0 Å². The van der Waals surface area contributed by atoms with Gasteiger partial charge in [0.25, 0.3) is 0 Å². The fraction of sp³-hybridized carbons (Fsp3) is 0.455. The van der Waals surface area contributed by atoms with Crippen molar-refractivity contribution in [3.05, 3.63) is 20.9 Å². The molecule has 0 atom stereocenters. The first kappa shape index (κ1) is 11.3. The van der Waals surface area contributed by atoms with Crippen molar-refractivity contribution < 1.29 is 4.74 Å². The summed E-state index contributed by atoms with van der Waals surface area (Å²) in [5, 5.41) is 4.44. The van der Waals surface area contributed by atoms with Gasteiger partial charge in [-0.2, -0.15) is 0 Å². The Morgan fingerprint density at radius 2 is 2.25 bits per heavy atom. The molecule has 0 aromatic carbocycles. The summed E-state index contributed by atoms with van der Waals surface area (Å²) < 4.78 is 8.28. The van der Waals surface area contributed by atoms with Crippen LogP contribution in [0.5, 0.6) is 0 Å². The number of ether oxygens (including phenoxy) is 1. The van der Waals surface area contributed by atoms with Crippen LogP contribution in [-0.4, -0.2) is 45.7 Å². The molecule has 0 radical (unpaired) electrons. The van der Waals surface area contributed by atoms with Crippen molar-refractivity contribution in [3.63, 3.8) is 0 Å². The van der Waals surface area contributed by atoms with Gasteiger partial charge in [0.2, 0.25) is 0 Å². The quantitative estimate of drug-likeness (QED) is 0.788. The molecule has 0 saturated carbocycles. The predicted molar refractivity (Wildman–Crippen MR) is 69.9 cm³/mol. The third-order valence-electron chi connectivity index (χ3n) is 2.80. The number of hydrogen-bond donors (Lipinski definition) is 0. The van der Waals surface area contributed by atoms with E-state index in [0.717, 1.165) is 37.9 Å². The van der Waals surface area contributed by atoms with Crippen molar-refractivity contribution in [2.45, 2.75) is 6.54 Å². The van der Waals surface area contributed by atoms with Crippen LogP contribution in [0.15, 0.2) is 11.4 Å². The monoisotopic (exact) mass is 321 g/mol. The minimum atomic E-state index is 0.457. The molecule has 16 heavy (non-hydrogen) atoms. The van der Waals surface area contributed by atoms with Crippen LogP contribution >= 0.6 is 22.9 Å². The molecular weight excluding hydrogens is 309 g/mol. The van der Waals surface area contributed by atoms with Gasteiger partial charge in [-0.05, 0) is 0 Å². The number of rotatable bonds is 2. The van der Waals surface area contributed by atoms with E-state index in [1.807, 2.05) is 11.3 Å². The van der Waals surface area contributed by atoms with Gasteiger partial charge >= 0.3 is 110 Å². The van der Waals surface area contributed by atoms with Gasteiger partial charge in [0, 0.05) is 0 Å². The zero-order chi connectivity index (χ0) is 11.0. The molecule has 1 aliphatic rings. The topological polar surface area (TPSA) is 12.5 Å². The number of hydrogen-bond acceptors (Lipinski definition) is 3. The Labute approximate surface area is 110 Å². The maximum absolute atomic E-state index is 6.41. The second kappa shape index (κ2) is 4.81. The van der Waals surface area contributed by atoms with Crippen molar-refractivity contribution >= 4 is 46.4 Å². The molecule has 2 aromatic heterocycles. The van der Waals surface area contributed by atoms with Crippen LogP contribution in [0.25, 0.3) is 8.96 Å². The van der Waals surface area contributed by atoms with Gasteiger partial charge in [-0.1, -0.05) is 0 Å². The fourth-order valence-electron chi connectivity index (χ4n) is 1.91. The second-order valence-electron chi connectivity index (χ2n) is 3.85. The summed E-state index contributed by atoms with van der Waals surface area (Å²) in [6, 6.07) is 2.15. The Kier molecular flexibility index (Phi) is 3.39. The van der Waals surface area contributed by atoms with Crippen molar-refractivity contribution in [1.29, 1.82) is 0 Å². The molecule has 2 aromatic rings. The third kappa shape index (κ3) is 2.10. The molecule has 0 unspecified atom stereocenters. The van der Waals surface area contributed by atoms with Gasteiger partial charge in [-0.3, -0.25) is 0 Å². The Morgan fingerprint density at radius 1 is 1.44 bits per heavy atom. The van der Waals surface area contributed by atoms with E-state index in [0.29, 0.717) is 14.5 Å². The summed E-state index contributed by atoms with van der Waals surface area (Å²) in [4.78, 5) is 2.44. The van der Waals surface area contributed by atoms with E-state index in [4.69, 9.17) is 16.3 Å². The van der Waals surface area contributed by atoms with Gasteiger partial charge < -0.3 is 0 Å². The third-order valence-corrected chi connectivity index (χ3v) is 7.29. The van der Waals surface area contributed by atoms with E-state index >= 15 is 0 Å². The normalized spacial score (nSPS) is 18.3. The molecule has 0 amide bonds. The van der Waals surface area contributed by atoms with Crippen molar-refractivity contribution in [2.75, 3.05) is 26.3 Å². The standard InChI is InChI=1S/C11H12ClNOSSe/c12-10-8-1-6-15-11(8)16-9(10)7-13-2-4-14-5-3-13/h1,6H,2-5,7H2. The molecule has 1 saturated heterocycles. The van der Waals surface area contributed by atoms with Crippen LogP contribution in [-0.2, 0) is 11.3 Å². The first-order valence-electron chi connectivity index (χ1n) is 5.29. The van der Waals surface area contributed by atoms with Crippen LogP contribution < -0.4 is 0 Å². The average molecular weight is 321 g/mol. The first-order chi connectivity index (χ1) is 7.84. The molecule has 1 fully saturated rings. The minimum absolute atomic E-state index is 0.457.